The van der Waals surface area contributed by atoms with Crippen molar-refractivity contribution in [2.45, 2.75) is 37.7 Å². The number of thiazole rings is 1. The Balaban J connectivity index is 1.63. The number of benzene rings is 1. The Labute approximate surface area is 191 Å². The Morgan fingerprint density at radius 1 is 1.24 bits per heavy atom. The van der Waals surface area contributed by atoms with Crippen molar-refractivity contribution in [3.8, 4) is 0 Å². The molecule has 0 radical (unpaired) electrons. The standard InChI is InChI=1S/C21H20N4O7S/c26-15(27)8-12(21(31)32)24-19(29)16-17(28)10-4-3-7-22-18(10)25(20(16)30)9-14-23-11-5-1-2-6-13(11)33-14/h1-2,4-7,12,16-18,28H,3,8-9H2,(H,24,29)(H,26,27)(H,31,32)/t12-,16?,17?,18?/m0/s1. The first-order valence-electron chi connectivity index (χ1n) is 10.1. The summed E-state index contributed by atoms with van der Waals surface area (Å²) in [5.74, 6) is -6.45. The van der Waals surface area contributed by atoms with Gasteiger partial charge in [0.05, 0.1) is 29.3 Å². The van der Waals surface area contributed by atoms with Crippen molar-refractivity contribution < 1.29 is 34.5 Å². The van der Waals surface area contributed by atoms with Crippen LogP contribution in [0.4, 0.5) is 0 Å². The molecule has 3 heterocycles. The Kier molecular flexibility index (Phi) is 6.20. The summed E-state index contributed by atoms with van der Waals surface area (Å²) in [6.07, 6.45) is 0.470. The summed E-state index contributed by atoms with van der Waals surface area (Å²) in [5, 5.41) is 31.6. The first kappa shape index (κ1) is 22.6. The zero-order valence-electron chi connectivity index (χ0n) is 17.1. The zero-order valence-corrected chi connectivity index (χ0v) is 17.9. The fraction of sp³-hybridized carbons (Fsp3) is 0.333. The van der Waals surface area contributed by atoms with E-state index < -0.39 is 54.4 Å². The van der Waals surface area contributed by atoms with Gasteiger partial charge in [-0.1, -0.05) is 18.2 Å². The fourth-order valence-corrected chi connectivity index (χ4v) is 4.86. The number of carbonyl (C=O) groups is 4. The molecule has 1 aromatic carbocycles. The topological polar surface area (TPSA) is 169 Å². The van der Waals surface area contributed by atoms with Gasteiger partial charge in [0.2, 0.25) is 11.8 Å². The van der Waals surface area contributed by atoms with Gasteiger partial charge in [0.15, 0.2) is 0 Å². The van der Waals surface area contributed by atoms with Crippen LogP contribution in [0.25, 0.3) is 10.2 Å². The predicted molar refractivity (Wildman–Crippen MR) is 116 cm³/mol. The minimum absolute atomic E-state index is 0.0332. The number of hydrogen-bond acceptors (Lipinski definition) is 8. The molecule has 3 unspecified atom stereocenters. The number of nitrogens with one attached hydrogen (secondary N) is 1. The average molecular weight is 472 g/mol. The SMILES string of the molecule is O=C(O)C[C@H](NC(=O)C1C(=O)N(Cc2nc3ccccc3s2)C2N=CCC=C2C1O)C(=O)O. The lowest BCUT2D eigenvalue weighted by Gasteiger charge is -2.42. The molecule has 172 valence electrons. The highest BCUT2D eigenvalue weighted by Crippen LogP contribution is 2.34. The first-order chi connectivity index (χ1) is 15.8. The van der Waals surface area contributed by atoms with Crippen LogP contribution in [-0.4, -0.2) is 73.5 Å². The normalized spacial score (nSPS) is 23.1. The number of aliphatic hydroxyl groups is 1. The third-order valence-corrected chi connectivity index (χ3v) is 6.45. The number of hydrogen-bond donors (Lipinski definition) is 4. The van der Waals surface area contributed by atoms with Gasteiger partial charge in [-0.05, 0) is 12.1 Å². The molecule has 0 spiro atoms. The summed E-state index contributed by atoms with van der Waals surface area (Å²) < 4.78 is 0.923. The lowest BCUT2D eigenvalue weighted by molar-refractivity contribution is -0.154. The Morgan fingerprint density at radius 2 is 2.00 bits per heavy atom. The van der Waals surface area contributed by atoms with Crippen LogP contribution in [0.15, 0.2) is 40.9 Å². The van der Waals surface area contributed by atoms with E-state index in [1.807, 2.05) is 24.3 Å². The summed E-state index contributed by atoms with van der Waals surface area (Å²) >= 11 is 1.38. The molecule has 11 nitrogen and oxygen atoms in total. The largest absolute Gasteiger partial charge is 0.481 e. The average Bonchev–Trinajstić information content (AvgIpc) is 3.18. The third-order valence-electron chi connectivity index (χ3n) is 5.42. The first-order valence-corrected chi connectivity index (χ1v) is 10.9. The van der Waals surface area contributed by atoms with Crippen LogP contribution in [0.2, 0.25) is 0 Å². The van der Waals surface area contributed by atoms with Crippen molar-refractivity contribution in [1.29, 1.82) is 0 Å². The number of carboxylic acids is 2. The molecule has 12 heteroatoms. The number of amides is 2. The van der Waals surface area contributed by atoms with E-state index in [1.165, 1.54) is 16.2 Å². The van der Waals surface area contributed by atoms with Gasteiger partial charge in [0, 0.05) is 18.2 Å². The van der Waals surface area contributed by atoms with E-state index in [2.05, 4.69) is 15.3 Å². The number of carboxylic acid groups (broad SMARTS) is 2. The predicted octanol–water partition coefficient (Wildman–Crippen LogP) is 0.387. The molecule has 2 aliphatic heterocycles. The summed E-state index contributed by atoms with van der Waals surface area (Å²) in [5.41, 5.74) is 1.11. The van der Waals surface area contributed by atoms with Crippen LogP contribution in [-0.2, 0) is 25.7 Å². The Morgan fingerprint density at radius 3 is 2.70 bits per heavy atom. The van der Waals surface area contributed by atoms with Crippen LogP contribution in [0.3, 0.4) is 0 Å². The van der Waals surface area contributed by atoms with E-state index in [1.54, 1.807) is 12.3 Å². The highest BCUT2D eigenvalue weighted by Gasteiger charge is 2.49. The van der Waals surface area contributed by atoms with E-state index in [-0.39, 0.29) is 6.54 Å². The number of likely N-dealkylation sites (tertiary alicyclic amines) is 1. The van der Waals surface area contributed by atoms with Crippen molar-refractivity contribution in [3.63, 3.8) is 0 Å². The highest BCUT2D eigenvalue weighted by molar-refractivity contribution is 7.18. The maximum Gasteiger partial charge on any atom is 0.326 e. The maximum atomic E-state index is 13.3. The number of rotatable bonds is 7. The van der Waals surface area contributed by atoms with E-state index in [4.69, 9.17) is 5.11 Å². The molecule has 2 amide bonds. The van der Waals surface area contributed by atoms with Gasteiger partial charge in [0.25, 0.3) is 0 Å². The minimum atomic E-state index is -1.75. The molecule has 0 saturated carbocycles. The second kappa shape index (κ2) is 9.08. The third kappa shape index (κ3) is 4.47. The van der Waals surface area contributed by atoms with Gasteiger partial charge >= 0.3 is 11.9 Å². The maximum absolute atomic E-state index is 13.3. The van der Waals surface area contributed by atoms with E-state index in [9.17, 15) is 29.4 Å². The zero-order chi connectivity index (χ0) is 23.7. The van der Waals surface area contributed by atoms with Crippen LogP contribution in [0, 0.1) is 5.92 Å². The van der Waals surface area contributed by atoms with E-state index in [0.717, 1.165) is 10.2 Å². The molecule has 2 aromatic rings. The Bertz CT molecular complexity index is 1160. The fourth-order valence-electron chi connectivity index (χ4n) is 3.89. The molecule has 4 N–H and O–H groups in total. The molecule has 1 fully saturated rings. The van der Waals surface area contributed by atoms with Crippen molar-refractivity contribution in [1.82, 2.24) is 15.2 Å². The number of nitrogens with zero attached hydrogens (tertiary/aromatic N) is 3. The molecule has 4 rings (SSSR count). The molecule has 33 heavy (non-hydrogen) atoms. The second-order valence-electron chi connectivity index (χ2n) is 7.61. The van der Waals surface area contributed by atoms with E-state index in [0.29, 0.717) is 17.0 Å². The van der Waals surface area contributed by atoms with Crippen molar-refractivity contribution in [3.05, 3.63) is 40.9 Å². The van der Waals surface area contributed by atoms with Crippen LogP contribution in [0.1, 0.15) is 17.8 Å². The number of dihydropyridines is 1. The highest BCUT2D eigenvalue weighted by atomic mass is 32.1. The lowest BCUT2D eigenvalue weighted by atomic mass is 9.85. The van der Waals surface area contributed by atoms with Gasteiger partial charge in [-0.2, -0.15) is 0 Å². The second-order valence-corrected chi connectivity index (χ2v) is 8.72. The summed E-state index contributed by atoms with van der Waals surface area (Å²) in [7, 11) is 0. The van der Waals surface area contributed by atoms with Crippen LogP contribution in [0.5, 0.6) is 0 Å². The number of aliphatic hydroxyl groups excluding tert-OH is 1. The van der Waals surface area contributed by atoms with E-state index >= 15 is 0 Å². The van der Waals surface area contributed by atoms with Crippen LogP contribution >= 0.6 is 11.3 Å². The Hall–Kier alpha value is -3.64. The molecule has 1 aromatic heterocycles. The van der Waals surface area contributed by atoms with Gasteiger partial charge in [-0.15, -0.1) is 11.3 Å². The monoisotopic (exact) mass is 472 g/mol. The quantitative estimate of drug-likeness (QED) is 0.331. The number of carbonyl (C=O) groups excluding carboxylic acids is 2. The summed E-state index contributed by atoms with van der Waals surface area (Å²) in [6, 6.07) is 5.70. The number of allylic oxidation sites excluding steroid dienone is 1. The van der Waals surface area contributed by atoms with Gasteiger partial charge in [-0.25, -0.2) is 9.78 Å². The summed E-state index contributed by atoms with van der Waals surface area (Å²) in [6.45, 7) is 0.0332. The molecule has 1 saturated heterocycles. The number of aliphatic carboxylic acids is 2. The van der Waals surface area contributed by atoms with Gasteiger partial charge in [0.1, 0.15) is 23.1 Å². The minimum Gasteiger partial charge on any atom is -0.481 e. The van der Waals surface area contributed by atoms with Gasteiger partial charge in [-0.3, -0.25) is 19.4 Å². The smallest absolute Gasteiger partial charge is 0.326 e. The lowest BCUT2D eigenvalue weighted by Crippen LogP contribution is -2.60. The van der Waals surface area contributed by atoms with Crippen molar-refractivity contribution in [2.24, 2.45) is 10.9 Å². The number of piperidine rings is 1. The molecule has 0 aliphatic carbocycles. The molecule has 0 bridgehead atoms. The molecular weight excluding hydrogens is 452 g/mol. The molecular formula is C21H20N4O7S. The van der Waals surface area contributed by atoms with Crippen LogP contribution < -0.4 is 5.32 Å². The number of aliphatic imine (C=N–C) groups is 1. The number of para-hydroxylation sites is 1. The molecule has 2 aliphatic rings. The van der Waals surface area contributed by atoms with Gasteiger partial charge < -0.3 is 25.5 Å². The number of fused-ring (bicyclic) bond motifs is 2. The van der Waals surface area contributed by atoms with Crippen molar-refractivity contribution in [2.75, 3.05) is 0 Å². The summed E-state index contributed by atoms with van der Waals surface area (Å²) in [4.78, 5) is 58.7. The van der Waals surface area contributed by atoms with Crippen molar-refractivity contribution >= 4 is 51.5 Å². The molecule has 4 atom stereocenters. The number of aromatic nitrogens is 1.